The van der Waals surface area contributed by atoms with E-state index in [1.807, 2.05) is 6.92 Å². The zero-order chi connectivity index (χ0) is 14.6. The first-order valence-corrected chi connectivity index (χ1v) is 6.10. The molecule has 6 heteroatoms. The van der Waals surface area contributed by atoms with Crippen molar-refractivity contribution >= 4 is 17.3 Å². The van der Waals surface area contributed by atoms with Crippen LogP contribution in [0, 0.1) is 17.0 Å². The molecule has 6 nitrogen and oxygen atoms in total. The Morgan fingerprint density at radius 3 is 2.58 bits per heavy atom. The molecule has 0 aromatic heterocycles. The third kappa shape index (κ3) is 3.51. The summed E-state index contributed by atoms with van der Waals surface area (Å²) >= 11 is 0. The first-order valence-electron chi connectivity index (χ1n) is 6.10. The van der Waals surface area contributed by atoms with E-state index in [0.717, 1.165) is 0 Å². The minimum Gasteiger partial charge on any atom is -0.324 e. The lowest BCUT2D eigenvalue weighted by molar-refractivity contribution is -0.385. The van der Waals surface area contributed by atoms with E-state index >= 15 is 0 Å². The summed E-state index contributed by atoms with van der Waals surface area (Å²) in [6, 6.07) is 4.63. The van der Waals surface area contributed by atoms with Crippen LogP contribution in [0.2, 0.25) is 0 Å². The third-order valence-electron chi connectivity index (χ3n) is 2.94. The smallest absolute Gasteiger partial charge is 0.274 e. The highest BCUT2D eigenvalue weighted by Gasteiger charge is 2.27. The van der Waals surface area contributed by atoms with Crippen LogP contribution in [0.5, 0.6) is 0 Å². The van der Waals surface area contributed by atoms with Gasteiger partial charge in [0, 0.05) is 6.07 Å². The van der Waals surface area contributed by atoms with Crippen LogP contribution in [-0.2, 0) is 4.79 Å². The van der Waals surface area contributed by atoms with Crippen molar-refractivity contribution in [2.75, 3.05) is 11.9 Å². The van der Waals surface area contributed by atoms with Gasteiger partial charge in [0.1, 0.15) is 0 Å². The van der Waals surface area contributed by atoms with Crippen LogP contribution < -0.4 is 10.6 Å². The molecule has 0 unspecified atom stereocenters. The highest BCUT2D eigenvalue weighted by molar-refractivity contribution is 5.98. The van der Waals surface area contributed by atoms with Gasteiger partial charge in [-0.05, 0) is 33.4 Å². The molecule has 0 saturated carbocycles. The number of carbonyl (C=O) groups excluding carboxylic acids is 1. The van der Waals surface area contributed by atoms with E-state index in [1.165, 1.54) is 6.07 Å². The SMILES string of the molecule is CCNC(C)(C)C(=O)Nc1cccc([N+](=O)[O-])c1C. The summed E-state index contributed by atoms with van der Waals surface area (Å²) < 4.78 is 0. The number of hydrogen-bond donors (Lipinski definition) is 2. The molecule has 0 bridgehead atoms. The number of hydrogen-bond acceptors (Lipinski definition) is 4. The number of benzene rings is 1. The second kappa shape index (κ2) is 5.79. The fourth-order valence-corrected chi connectivity index (χ4v) is 1.76. The van der Waals surface area contributed by atoms with Gasteiger partial charge in [-0.25, -0.2) is 0 Å². The Morgan fingerprint density at radius 1 is 1.42 bits per heavy atom. The van der Waals surface area contributed by atoms with E-state index in [1.54, 1.807) is 32.9 Å². The molecule has 1 rings (SSSR count). The number of likely N-dealkylation sites (N-methyl/N-ethyl adjacent to an activating group) is 1. The third-order valence-corrected chi connectivity index (χ3v) is 2.94. The summed E-state index contributed by atoms with van der Waals surface area (Å²) in [5.41, 5.74) is 0.184. The number of nitro benzene ring substituents is 1. The van der Waals surface area contributed by atoms with Gasteiger partial charge in [0.2, 0.25) is 5.91 Å². The largest absolute Gasteiger partial charge is 0.324 e. The first-order chi connectivity index (χ1) is 8.79. The summed E-state index contributed by atoms with van der Waals surface area (Å²) in [6.07, 6.45) is 0. The number of anilines is 1. The molecule has 0 heterocycles. The number of amides is 1. The molecule has 1 amide bonds. The topological polar surface area (TPSA) is 84.3 Å². The van der Waals surface area contributed by atoms with E-state index < -0.39 is 10.5 Å². The van der Waals surface area contributed by atoms with E-state index in [9.17, 15) is 14.9 Å². The molecule has 19 heavy (non-hydrogen) atoms. The molecule has 0 aliphatic rings. The lowest BCUT2D eigenvalue weighted by Crippen LogP contribution is -2.49. The fourth-order valence-electron chi connectivity index (χ4n) is 1.76. The monoisotopic (exact) mass is 265 g/mol. The predicted molar refractivity (Wildman–Crippen MR) is 74.2 cm³/mol. The predicted octanol–water partition coefficient (Wildman–Crippen LogP) is 2.23. The normalized spacial score (nSPS) is 11.2. The zero-order valence-corrected chi connectivity index (χ0v) is 11.6. The van der Waals surface area contributed by atoms with Gasteiger partial charge >= 0.3 is 0 Å². The second-order valence-corrected chi connectivity index (χ2v) is 4.82. The molecule has 1 aromatic carbocycles. The van der Waals surface area contributed by atoms with E-state index in [2.05, 4.69) is 10.6 Å². The lowest BCUT2D eigenvalue weighted by atomic mass is 10.0. The number of carbonyl (C=O) groups is 1. The molecular formula is C13H19N3O3. The standard InChI is InChI=1S/C13H19N3O3/c1-5-14-13(3,4)12(17)15-10-7-6-8-11(9(10)2)16(18)19/h6-8,14H,5H2,1-4H3,(H,15,17). The van der Waals surface area contributed by atoms with Crippen molar-refractivity contribution in [2.45, 2.75) is 33.2 Å². The molecule has 0 aliphatic heterocycles. The number of rotatable bonds is 5. The molecule has 0 fully saturated rings. The first kappa shape index (κ1) is 15.1. The Balaban J connectivity index is 2.98. The Hall–Kier alpha value is -1.95. The van der Waals surface area contributed by atoms with Gasteiger partial charge in [-0.1, -0.05) is 13.0 Å². The van der Waals surface area contributed by atoms with Gasteiger partial charge < -0.3 is 10.6 Å². The molecule has 0 saturated heterocycles. The Kier molecular flexibility index (Phi) is 4.61. The summed E-state index contributed by atoms with van der Waals surface area (Å²) in [4.78, 5) is 22.5. The van der Waals surface area contributed by atoms with E-state index in [-0.39, 0.29) is 11.6 Å². The number of nitrogens with zero attached hydrogens (tertiary/aromatic N) is 1. The average molecular weight is 265 g/mol. The van der Waals surface area contributed by atoms with Crippen LogP contribution in [0.25, 0.3) is 0 Å². The highest BCUT2D eigenvalue weighted by atomic mass is 16.6. The van der Waals surface area contributed by atoms with E-state index in [4.69, 9.17) is 0 Å². The van der Waals surface area contributed by atoms with Crippen molar-refractivity contribution in [3.05, 3.63) is 33.9 Å². The molecule has 0 spiro atoms. The molecule has 0 radical (unpaired) electrons. The molecule has 0 atom stereocenters. The Morgan fingerprint density at radius 2 is 2.05 bits per heavy atom. The van der Waals surface area contributed by atoms with Gasteiger partial charge in [0.25, 0.3) is 5.69 Å². The van der Waals surface area contributed by atoms with Crippen molar-refractivity contribution in [1.29, 1.82) is 0 Å². The molecule has 1 aromatic rings. The van der Waals surface area contributed by atoms with Gasteiger partial charge in [-0.15, -0.1) is 0 Å². The fraction of sp³-hybridized carbons (Fsp3) is 0.462. The van der Waals surface area contributed by atoms with Crippen molar-refractivity contribution < 1.29 is 9.72 Å². The molecule has 0 aliphatic carbocycles. The lowest BCUT2D eigenvalue weighted by Gasteiger charge is -2.24. The minimum atomic E-state index is -0.730. The quantitative estimate of drug-likeness (QED) is 0.631. The van der Waals surface area contributed by atoms with Crippen LogP contribution in [0.15, 0.2) is 18.2 Å². The zero-order valence-electron chi connectivity index (χ0n) is 11.6. The second-order valence-electron chi connectivity index (χ2n) is 4.82. The summed E-state index contributed by atoms with van der Waals surface area (Å²) in [6.45, 7) is 7.72. The van der Waals surface area contributed by atoms with Crippen molar-refractivity contribution in [1.82, 2.24) is 5.32 Å². The van der Waals surface area contributed by atoms with E-state index in [0.29, 0.717) is 17.8 Å². The number of nitro groups is 1. The minimum absolute atomic E-state index is 0.000873. The molecular weight excluding hydrogens is 246 g/mol. The molecule has 2 N–H and O–H groups in total. The van der Waals surface area contributed by atoms with Gasteiger partial charge in [-0.3, -0.25) is 14.9 Å². The maximum Gasteiger partial charge on any atom is 0.274 e. The maximum atomic E-state index is 12.1. The van der Waals surface area contributed by atoms with Crippen LogP contribution >= 0.6 is 0 Å². The summed E-state index contributed by atoms with van der Waals surface area (Å²) in [5.74, 6) is -0.224. The Bertz CT molecular complexity index is 498. The van der Waals surface area contributed by atoms with Crippen LogP contribution in [-0.4, -0.2) is 22.9 Å². The van der Waals surface area contributed by atoms with Crippen LogP contribution in [0.3, 0.4) is 0 Å². The maximum absolute atomic E-state index is 12.1. The van der Waals surface area contributed by atoms with Crippen LogP contribution in [0.1, 0.15) is 26.3 Å². The van der Waals surface area contributed by atoms with Gasteiger partial charge in [-0.2, -0.15) is 0 Å². The van der Waals surface area contributed by atoms with Gasteiger partial charge in [0.05, 0.1) is 21.7 Å². The summed E-state index contributed by atoms with van der Waals surface area (Å²) in [5, 5.41) is 16.6. The van der Waals surface area contributed by atoms with Crippen molar-refractivity contribution in [3.63, 3.8) is 0 Å². The molecule has 104 valence electrons. The van der Waals surface area contributed by atoms with Crippen molar-refractivity contribution in [2.24, 2.45) is 0 Å². The van der Waals surface area contributed by atoms with Crippen molar-refractivity contribution in [3.8, 4) is 0 Å². The Labute approximate surface area is 112 Å². The van der Waals surface area contributed by atoms with Crippen LogP contribution in [0.4, 0.5) is 11.4 Å². The summed E-state index contributed by atoms with van der Waals surface area (Å²) in [7, 11) is 0. The average Bonchev–Trinajstić information content (AvgIpc) is 2.31. The van der Waals surface area contributed by atoms with Gasteiger partial charge in [0.15, 0.2) is 0 Å². The number of nitrogens with one attached hydrogen (secondary N) is 2. The highest BCUT2D eigenvalue weighted by Crippen LogP contribution is 2.25.